The van der Waals surface area contributed by atoms with Gasteiger partial charge in [0.25, 0.3) is 0 Å². The number of rotatable bonds is 6. The molecule has 4 rings (SSSR count). The molecule has 0 unspecified atom stereocenters. The molecule has 0 aliphatic carbocycles. The molecule has 3 N–H and O–H groups in total. The molecule has 156 valence electrons. The van der Waals surface area contributed by atoms with E-state index in [9.17, 15) is 9.18 Å². The summed E-state index contributed by atoms with van der Waals surface area (Å²) >= 11 is 5.86. The summed E-state index contributed by atoms with van der Waals surface area (Å²) in [6.07, 6.45) is 1.33. The van der Waals surface area contributed by atoms with Gasteiger partial charge in [0, 0.05) is 24.4 Å². The number of aromatic nitrogens is 2. The smallest absolute Gasteiger partial charge is 0.320 e. The Morgan fingerprint density at radius 2 is 2.17 bits per heavy atom. The highest BCUT2D eigenvalue weighted by Crippen LogP contribution is 2.36. The quantitative estimate of drug-likeness (QED) is 0.544. The van der Waals surface area contributed by atoms with Crippen molar-refractivity contribution in [3.05, 3.63) is 47.5 Å². The summed E-state index contributed by atoms with van der Waals surface area (Å²) in [5.74, 6) is -0.295. The molecule has 2 heterocycles. The summed E-state index contributed by atoms with van der Waals surface area (Å²) < 4.78 is 25.7. The molecular formula is C20H18ClFN4O4. The minimum atomic E-state index is -0.921. The van der Waals surface area contributed by atoms with Crippen molar-refractivity contribution >= 4 is 40.0 Å². The predicted molar refractivity (Wildman–Crippen MR) is 109 cm³/mol. The van der Waals surface area contributed by atoms with Crippen molar-refractivity contribution in [2.45, 2.75) is 18.6 Å². The standard InChI is InChI=1S/C20H18ClFN4O4/c1-29-16-7-14-11(6-17(16)30-10-5-15(20(27)28)23-8-10)19(25-9-24-14)26-13-4-2-3-12(21)18(13)22/h2-4,6-7,9-10,15,23H,5,8H2,1H3,(H,27,28)(H,24,25,26)/t10-,15+/m1/s1. The van der Waals surface area contributed by atoms with E-state index in [4.69, 9.17) is 26.2 Å². The fourth-order valence-electron chi connectivity index (χ4n) is 3.30. The highest BCUT2D eigenvalue weighted by Gasteiger charge is 2.31. The lowest BCUT2D eigenvalue weighted by atomic mass is 10.1. The molecule has 0 radical (unpaired) electrons. The van der Waals surface area contributed by atoms with Gasteiger partial charge in [0.15, 0.2) is 17.3 Å². The molecule has 0 bridgehead atoms. The van der Waals surface area contributed by atoms with E-state index in [0.717, 1.165) is 0 Å². The van der Waals surface area contributed by atoms with Crippen LogP contribution in [-0.4, -0.2) is 46.8 Å². The molecule has 2 aromatic carbocycles. The first-order valence-electron chi connectivity index (χ1n) is 9.13. The maximum atomic E-state index is 14.3. The van der Waals surface area contributed by atoms with Crippen LogP contribution in [0.15, 0.2) is 36.7 Å². The molecule has 1 aliphatic rings. The van der Waals surface area contributed by atoms with Crippen LogP contribution >= 0.6 is 11.6 Å². The van der Waals surface area contributed by atoms with Crippen LogP contribution in [0.1, 0.15) is 6.42 Å². The number of carboxylic acid groups (broad SMARTS) is 1. The van der Waals surface area contributed by atoms with Gasteiger partial charge in [-0.3, -0.25) is 4.79 Å². The Morgan fingerprint density at radius 3 is 2.90 bits per heavy atom. The van der Waals surface area contributed by atoms with E-state index in [0.29, 0.717) is 41.2 Å². The number of hydrogen-bond donors (Lipinski definition) is 3. The van der Waals surface area contributed by atoms with Gasteiger partial charge in [0.2, 0.25) is 0 Å². The number of carboxylic acids is 1. The normalized spacial score (nSPS) is 18.4. The largest absolute Gasteiger partial charge is 0.493 e. The van der Waals surface area contributed by atoms with Gasteiger partial charge in [-0.2, -0.15) is 0 Å². The van der Waals surface area contributed by atoms with E-state index in [1.54, 1.807) is 24.3 Å². The van der Waals surface area contributed by atoms with Crippen molar-refractivity contribution < 1.29 is 23.8 Å². The average molecular weight is 433 g/mol. The summed E-state index contributed by atoms with van der Waals surface area (Å²) in [6.45, 7) is 0.391. The van der Waals surface area contributed by atoms with Crippen molar-refractivity contribution in [1.82, 2.24) is 15.3 Å². The lowest BCUT2D eigenvalue weighted by Gasteiger charge is -2.17. The Labute approximate surface area is 176 Å². The van der Waals surface area contributed by atoms with E-state index in [1.165, 1.54) is 19.5 Å². The predicted octanol–water partition coefficient (Wildman–Crippen LogP) is 3.37. The molecule has 8 nitrogen and oxygen atoms in total. The van der Waals surface area contributed by atoms with Crippen molar-refractivity contribution in [1.29, 1.82) is 0 Å². The van der Waals surface area contributed by atoms with Gasteiger partial charge in [-0.15, -0.1) is 0 Å². The molecule has 1 aliphatic heterocycles. The molecule has 0 amide bonds. The van der Waals surface area contributed by atoms with Gasteiger partial charge in [0.05, 0.1) is 23.3 Å². The second kappa shape index (κ2) is 8.29. The lowest BCUT2D eigenvalue weighted by molar-refractivity contribution is -0.139. The first-order chi connectivity index (χ1) is 14.5. The van der Waals surface area contributed by atoms with Gasteiger partial charge in [0.1, 0.15) is 24.3 Å². The number of nitrogens with zero attached hydrogens (tertiary/aromatic N) is 2. The zero-order valence-corrected chi connectivity index (χ0v) is 16.6. The average Bonchev–Trinajstić information content (AvgIpc) is 3.20. The first kappa shape index (κ1) is 20.1. The van der Waals surface area contributed by atoms with Gasteiger partial charge < -0.3 is 25.2 Å². The molecule has 1 saturated heterocycles. The van der Waals surface area contributed by atoms with Gasteiger partial charge in [-0.25, -0.2) is 14.4 Å². The molecule has 3 aromatic rings. The maximum absolute atomic E-state index is 14.3. The maximum Gasteiger partial charge on any atom is 0.320 e. The van der Waals surface area contributed by atoms with Crippen molar-refractivity contribution in [3.8, 4) is 11.5 Å². The molecule has 1 fully saturated rings. The topological polar surface area (TPSA) is 106 Å². The van der Waals surface area contributed by atoms with Crippen LogP contribution in [0.2, 0.25) is 5.02 Å². The van der Waals surface area contributed by atoms with Gasteiger partial charge in [-0.1, -0.05) is 17.7 Å². The number of benzene rings is 2. The Morgan fingerprint density at radius 1 is 1.33 bits per heavy atom. The van der Waals surface area contributed by atoms with Crippen molar-refractivity contribution in [2.24, 2.45) is 0 Å². The minimum absolute atomic E-state index is 0.00855. The lowest BCUT2D eigenvalue weighted by Crippen LogP contribution is -2.30. The number of ether oxygens (including phenoxy) is 2. The second-order valence-corrected chi connectivity index (χ2v) is 7.15. The number of carbonyl (C=O) groups is 1. The van der Waals surface area contributed by atoms with E-state index in [-0.39, 0.29) is 16.8 Å². The van der Waals surface area contributed by atoms with Crippen LogP contribution in [0.4, 0.5) is 15.9 Å². The Bertz CT molecular complexity index is 1110. The molecule has 10 heteroatoms. The van der Waals surface area contributed by atoms with Crippen LogP contribution in [-0.2, 0) is 4.79 Å². The van der Waals surface area contributed by atoms with Gasteiger partial charge >= 0.3 is 5.97 Å². The van der Waals surface area contributed by atoms with Crippen molar-refractivity contribution in [3.63, 3.8) is 0 Å². The second-order valence-electron chi connectivity index (χ2n) is 6.74. The van der Waals surface area contributed by atoms with Crippen LogP contribution in [0, 0.1) is 5.82 Å². The fraction of sp³-hybridized carbons (Fsp3) is 0.250. The number of fused-ring (bicyclic) bond motifs is 1. The Hall–Kier alpha value is -3.17. The van der Waals surface area contributed by atoms with E-state index < -0.39 is 17.8 Å². The molecule has 2 atom stereocenters. The van der Waals surface area contributed by atoms with Gasteiger partial charge in [-0.05, 0) is 18.2 Å². The number of anilines is 2. The van der Waals surface area contributed by atoms with Crippen molar-refractivity contribution in [2.75, 3.05) is 19.0 Å². The summed E-state index contributed by atoms with van der Waals surface area (Å²) in [7, 11) is 1.50. The summed E-state index contributed by atoms with van der Waals surface area (Å²) in [5.41, 5.74) is 0.733. The fourth-order valence-corrected chi connectivity index (χ4v) is 3.48. The molecule has 0 saturated carbocycles. The molecular weight excluding hydrogens is 415 g/mol. The monoisotopic (exact) mass is 432 g/mol. The highest BCUT2D eigenvalue weighted by atomic mass is 35.5. The van der Waals surface area contributed by atoms with E-state index in [1.807, 2.05) is 0 Å². The summed E-state index contributed by atoms with van der Waals surface area (Å²) in [6, 6.07) is 7.34. The zero-order chi connectivity index (χ0) is 21.3. The van der Waals surface area contributed by atoms with Crippen LogP contribution in [0.25, 0.3) is 10.9 Å². The molecule has 1 aromatic heterocycles. The highest BCUT2D eigenvalue weighted by molar-refractivity contribution is 6.31. The SMILES string of the molecule is COc1cc2ncnc(Nc3cccc(Cl)c3F)c2cc1O[C@H]1CN[C@H](C(=O)O)C1. The van der Waals surface area contributed by atoms with Crippen LogP contribution in [0.5, 0.6) is 11.5 Å². The first-order valence-corrected chi connectivity index (χ1v) is 9.50. The van der Waals surface area contributed by atoms with Crippen LogP contribution in [0.3, 0.4) is 0 Å². The summed E-state index contributed by atoms with van der Waals surface area (Å²) in [4.78, 5) is 19.6. The summed E-state index contributed by atoms with van der Waals surface area (Å²) in [5, 5.41) is 15.6. The number of methoxy groups -OCH3 is 1. The number of aliphatic carboxylic acids is 1. The number of nitrogens with one attached hydrogen (secondary N) is 2. The molecule has 0 spiro atoms. The number of hydrogen-bond acceptors (Lipinski definition) is 7. The zero-order valence-electron chi connectivity index (χ0n) is 15.9. The van der Waals surface area contributed by atoms with E-state index in [2.05, 4.69) is 20.6 Å². The van der Waals surface area contributed by atoms with E-state index >= 15 is 0 Å². The Kier molecular flexibility index (Phi) is 5.56. The molecule has 30 heavy (non-hydrogen) atoms. The third kappa shape index (κ3) is 3.94. The minimum Gasteiger partial charge on any atom is -0.493 e. The Balaban J connectivity index is 1.69. The number of halogens is 2. The third-order valence-electron chi connectivity index (χ3n) is 4.81. The third-order valence-corrected chi connectivity index (χ3v) is 5.10. The van der Waals surface area contributed by atoms with Crippen LogP contribution < -0.4 is 20.1 Å².